The molecule has 0 radical (unpaired) electrons. The fourth-order valence-electron chi connectivity index (χ4n) is 2.21. The summed E-state index contributed by atoms with van der Waals surface area (Å²) in [6, 6.07) is 12.9. The van der Waals surface area contributed by atoms with E-state index < -0.39 is 0 Å². The molecule has 0 aliphatic heterocycles. The first-order valence-corrected chi connectivity index (χ1v) is 7.40. The molecule has 2 aromatic rings. The lowest BCUT2D eigenvalue weighted by atomic mass is 10.1. The maximum absolute atomic E-state index is 12.0. The molecule has 2 rings (SSSR count). The summed E-state index contributed by atoms with van der Waals surface area (Å²) in [4.78, 5) is 12.0. The number of amides is 1. The van der Waals surface area contributed by atoms with Crippen LogP contribution in [0, 0.1) is 6.92 Å². The lowest BCUT2D eigenvalue weighted by Gasteiger charge is -2.11. The summed E-state index contributed by atoms with van der Waals surface area (Å²) in [6.45, 7) is 4.42. The van der Waals surface area contributed by atoms with Gasteiger partial charge in [0.05, 0.1) is 12.3 Å². The van der Waals surface area contributed by atoms with Crippen molar-refractivity contribution in [3.63, 3.8) is 0 Å². The Hall–Kier alpha value is -2.49. The molecule has 0 atom stereocenters. The van der Waals surface area contributed by atoms with E-state index in [9.17, 15) is 9.90 Å². The number of benzene rings is 2. The molecule has 0 spiro atoms. The normalized spacial score (nSPS) is 10.3. The van der Waals surface area contributed by atoms with Crippen LogP contribution in [0.2, 0.25) is 0 Å². The monoisotopic (exact) mass is 299 g/mol. The molecule has 0 saturated carbocycles. The average Bonchev–Trinajstić information content (AvgIpc) is 2.49. The zero-order chi connectivity index (χ0) is 15.9. The number of aryl methyl sites for hydroxylation is 2. The van der Waals surface area contributed by atoms with Gasteiger partial charge in [0.25, 0.3) is 0 Å². The lowest BCUT2D eigenvalue weighted by molar-refractivity contribution is -0.116. The molecule has 2 aromatic carbocycles. The number of nitrogens with one attached hydrogen (secondary N) is 1. The molecule has 0 bridgehead atoms. The van der Waals surface area contributed by atoms with E-state index in [1.807, 2.05) is 44.2 Å². The van der Waals surface area contributed by atoms with Crippen LogP contribution in [-0.2, 0) is 11.2 Å². The molecule has 0 unspecified atom stereocenters. The van der Waals surface area contributed by atoms with E-state index >= 15 is 0 Å². The van der Waals surface area contributed by atoms with Crippen molar-refractivity contribution in [2.45, 2.75) is 26.7 Å². The zero-order valence-corrected chi connectivity index (χ0v) is 12.9. The van der Waals surface area contributed by atoms with Crippen molar-refractivity contribution in [3.05, 3.63) is 53.6 Å². The summed E-state index contributed by atoms with van der Waals surface area (Å²) in [7, 11) is 0. The van der Waals surface area contributed by atoms with E-state index in [-0.39, 0.29) is 11.7 Å². The Morgan fingerprint density at radius 1 is 1.23 bits per heavy atom. The van der Waals surface area contributed by atoms with Gasteiger partial charge in [-0.1, -0.05) is 24.3 Å². The van der Waals surface area contributed by atoms with E-state index in [2.05, 4.69) is 5.32 Å². The Morgan fingerprint density at radius 3 is 2.73 bits per heavy atom. The van der Waals surface area contributed by atoms with Crippen LogP contribution in [0.15, 0.2) is 42.5 Å². The summed E-state index contributed by atoms with van der Waals surface area (Å²) >= 11 is 0. The molecule has 0 aliphatic carbocycles. The van der Waals surface area contributed by atoms with Crippen LogP contribution < -0.4 is 10.1 Å². The standard InChI is InChI=1S/C18H21NO3/c1-3-22-17-7-5-4-6-14(17)9-11-18(21)19-15-10-8-13(2)12-16(15)20/h4-8,10,12,20H,3,9,11H2,1-2H3,(H,19,21). The molecule has 0 aliphatic rings. The predicted octanol–water partition coefficient (Wildman–Crippen LogP) is 3.67. The first-order chi connectivity index (χ1) is 10.6. The highest BCUT2D eigenvalue weighted by Crippen LogP contribution is 2.24. The van der Waals surface area contributed by atoms with Crippen LogP contribution in [0.25, 0.3) is 0 Å². The molecular formula is C18H21NO3. The third kappa shape index (κ3) is 4.25. The maximum atomic E-state index is 12.0. The average molecular weight is 299 g/mol. The van der Waals surface area contributed by atoms with E-state index in [4.69, 9.17) is 4.74 Å². The van der Waals surface area contributed by atoms with Gasteiger partial charge >= 0.3 is 0 Å². The highest BCUT2D eigenvalue weighted by Gasteiger charge is 2.09. The van der Waals surface area contributed by atoms with Crippen LogP contribution in [0.4, 0.5) is 5.69 Å². The van der Waals surface area contributed by atoms with Gasteiger partial charge in [0.1, 0.15) is 11.5 Å². The molecule has 0 aromatic heterocycles. The number of aromatic hydroxyl groups is 1. The first-order valence-electron chi connectivity index (χ1n) is 7.40. The second-order valence-corrected chi connectivity index (χ2v) is 5.11. The second-order valence-electron chi connectivity index (χ2n) is 5.11. The number of phenolic OH excluding ortho intramolecular Hbond substituents is 1. The largest absolute Gasteiger partial charge is 0.506 e. The molecule has 0 fully saturated rings. The van der Waals surface area contributed by atoms with Gasteiger partial charge in [-0.3, -0.25) is 4.79 Å². The van der Waals surface area contributed by atoms with Crippen molar-refractivity contribution >= 4 is 11.6 Å². The van der Waals surface area contributed by atoms with Gasteiger partial charge in [0.15, 0.2) is 0 Å². The minimum absolute atomic E-state index is 0.0862. The smallest absolute Gasteiger partial charge is 0.224 e. The van der Waals surface area contributed by atoms with Gasteiger partial charge < -0.3 is 15.2 Å². The molecule has 116 valence electrons. The third-order valence-corrected chi connectivity index (χ3v) is 3.32. The number of carbonyl (C=O) groups is 1. The Labute approximate surface area is 130 Å². The number of hydrogen-bond donors (Lipinski definition) is 2. The van der Waals surface area contributed by atoms with Gasteiger partial charge in [-0.15, -0.1) is 0 Å². The third-order valence-electron chi connectivity index (χ3n) is 3.32. The molecule has 0 saturated heterocycles. The topological polar surface area (TPSA) is 58.6 Å². The molecular weight excluding hydrogens is 278 g/mol. The number of phenols is 1. The minimum atomic E-state index is -0.134. The van der Waals surface area contributed by atoms with E-state index in [1.165, 1.54) is 0 Å². The summed E-state index contributed by atoms with van der Waals surface area (Å²) < 4.78 is 5.55. The second kappa shape index (κ2) is 7.50. The Kier molecular flexibility index (Phi) is 5.42. The summed E-state index contributed by atoms with van der Waals surface area (Å²) in [5, 5.41) is 12.5. The summed E-state index contributed by atoms with van der Waals surface area (Å²) in [5.74, 6) is 0.768. The fraction of sp³-hybridized carbons (Fsp3) is 0.278. The summed E-state index contributed by atoms with van der Waals surface area (Å²) in [5.41, 5.74) is 2.39. The number of hydrogen-bond acceptors (Lipinski definition) is 3. The van der Waals surface area contributed by atoms with Crippen molar-refractivity contribution in [2.75, 3.05) is 11.9 Å². The predicted molar refractivity (Wildman–Crippen MR) is 87.4 cm³/mol. The minimum Gasteiger partial charge on any atom is -0.506 e. The molecule has 4 heteroatoms. The van der Waals surface area contributed by atoms with Gasteiger partial charge in [0.2, 0.25) is 5.91 Å². The van der Waals surface area contributed by atoms with E-state index in [0.717, 1.165) is 16.9 Å². The van der Waals surface area contributed by atoms with Crippen molar-refractivity contribution in [1.29, 1.82) is 0 Å². The first kappa shape index (κ1) is 15.9. The highest BCUT2D eigenvalue weighted by atomic mass is 16.5. The number of para-hydroxylation sites is 1. The highest BCUT2D eigenvalue weighted by molar-refractivity contribution is 5.92. The van der Waals surface area contributed by atoms with Gasteiger partial charge in [0, 0.05) is 6.42 Å². The fourth-order valence-corrected chi connectivity index (χ4v) is 2.21. The number of carbonyl (C=O) groups excluding carboxylic acids is 1. The van der Waals surface area contributed by atoms with Crippen LogP contribution in [0.5, 0.6) is 11.5 Å². The zero-order valence-electron chi connectivity index (χ0n) is 12.9. The van der Waals surface area contributed by atoms with Gasteiger partial charge in [-0.05, 0) is 49.6 Å². The molecule has 1 amide bonds. The molecule has 4 nitrogen and oxygen atoms in total. The number of ether oxygens (including phenoxy) is 1. The van der Waals surface area contributed by atoms with Crippen LogP contribution in [-0.4, -0.2) is 17.6 Å². The molecule has 2 N–H and O–H groups in total. The van der Waals surface area contributed by atoms with Gasteiger partial charge in [-0.2, -0.15) is 0 Å². The molecule has 22 heavy (non-hydrogen) atoms. The number of anilines is 1. The Morgan fingerprint density at radius 2 is 2.00 bits per heavy atom. The maximum Gasteiger partial charge on any atom is 0.224 e. The Balaban J connectivity index is 1.95. The molecule has 0 heterocycles. The SMILES string of the molecule is CCOc1ccccc1CCC(=O)Nc1ccc(C)cc1O. The van der Waals surface area contributed by atoms with Crippen molar-refractivity contribution in [3.8, 4) is 11.5 Å². The van der Waals surface area contributed by atoms with Crippen LogP contribution in [0.3, 0.4) is 0 Å². The van der Waals surface area contributed by atoms with Crippen LogP contribution >= 0.6 is 0 Å². The number of rotatable bonds is 6. The van der Waals surface area contributed by atoms with Crippen molar-refractivity contribution in [1.82, 2.24) is 0 Å². The Bertz CT molecular complexity index is 653. The van der Waals surface area contributed by atoms with Crippen LogP contribution in [0.1, 0.15) is 24.5 Å². The summed E-state index contributed by atoms with van der Waals surface area (Å²) in [6.07, 6.45) is 0.923. The van der Waals surface area contributed by atoms with Gasteiger partial charge in [-0.25, -0.2) is 0 Å². The van der Waals surface area contributed by atoms with E-state index in [0.29, 0.717) is 25.1 Å². The lowest BCUT2D eigenvalue weighted by Crippen LogP contribution is -2.12. The van der Waals surface area contributed by atoms with Crippen molar-refractivity contribution < 1.29 is 14.6 Å². The van der Waals surface area contributed by atoms with Crippen molar-refractivity contribution in [2.24, 2.45) is 0 Å². The quantitative estimate of drug-likeness (QED) is 0.800. The van der Waals surface area contributed by atoms with E-state index in [1.54, 1.807) is 12.1 Å².